The lowest BCUT2D eigenvalue weighted by molar-refractivity contribution is 0.0524. The van der Waals surface area contributed by atoms with E-state index in [0.717, 1.165) is 5.56 Å². The first kappa shape index (κ1) is 17.7. The van der Waals surface area contributed by atoms with Gasteiger partial charge >= 0.3 is 5.97 Å². The van der Waals surface area contributed by atoms with Gasteiger partial charge in [0.1, 0.15) is 17.9 Å². The predicted octanol–water partition coefficient (Wildman–Crippen LogP) is 3.78. The van der Waals surface area contributed by atoms with Crippen LogP contribution in [-0.2, 0) is 17.9 Å². The van der Waals surface area contributed by atoms with Crippen molar-refractivity contribution >= 4 is 16.9 Å². The lowest BCUT2D eigenvalue weighted by Crippen LogP contribution is -2.21. The van der Waals surface area contributed by atoms with Gasteiger partial charge in [-0.3, -0.25) is 4.79 Å². The van der Waals surface area contributed by atoms with Crippen LogP contribution in [0.1, 0.15) is 29.8 Å². The molecule has 0 aliphatic heterocycles. The minimum Gasteiger partial charge on any atom is -0.487 e. The van der Waals surface area contributed by atoms with E-state index in [9.17, 15) is 9.59 Å². The summed E-state index contributed by atoms with van der Waals surface area (Å²) in [5.74, 6) is 0.0120. The molecule has 134 valence electrons. The molecule has 0 aliphatic rings. The summed E-state index contributed by atoms with van der Waals surface area (Å²) in [5.41, 5.74) is 1.43. The maximum absolute atomic E-state index is 12.8. The van der Waals surface area contributed by atoms with Crippen LogP contribution in [0.25, 0.3) is 10.9 Å². The van der Waals surface area contributed by atoms with E-state index in [1.54, 1.807) is 25.3 Å². The molecule has 3 rings (SSSR count). The highest BCUT2D eigenvalue weighted by atomic mass is 16.5. The molecule has 1 heterocycles. The Hall–Kier alpha value is -3.08. The van der Waals surface area contributed by atoms with E-state index in [1.165, 1.54) is 0 Å². The van der Waals surface area contributed by atoms with Crippen molar-refractivity contribution in [2.75, 3.05) is 6.61 Å². The quantitative estimate of drug-likeness (QED) is 0.634. The summed E-state index contributed by atoms with van der Waals surface area (Å²) in [6.45, 7) is 4.88. The smallest absolute Gasteiger partial charge is 0.343 e. The molecule has 2 aromatic carbocycles. The number of carbonyl (C=O) groups excluding carboxylic acids is 1. The summed E-state index contributed by atoms with van der Waals surface area (Å²) in [5, 5.41) is 0.447. The molecule has 0 fully saturated rings. The average Bonchev–Trinajstić information content (AvgIpc) is 2.67. The summed E-state index contributed by atoms with van der Waals surface area (Å²) in [7, 11) is 0. The molecular weight excluding hydrogens is 330 g/mol. The molecule has 0 saturated heterocycles. The topological polar surface area (TPSA) is 57.5 Å². The molecule has 0 atom stereocenters. The summed E-state index contributed by atoms with van der Waals surface area (Å²) >= 11 is 0. The Kier molecular flexibility index (Phi) is 5.37. The molecule has 0 aliphatic carbocycles. The van der Waals surface area contributed by atoms with Crippen molar-refractivity contribution in [2.24, 2.45) is 0 Å². The molecule has 26 heavy (non-hydrogen) atoms. The van der Waals surface area contributed by atoms with Crippen molar-refractivity contribution in [1.82, 2.24) is 4.57 Å². The van der Waals surface area contributed by atoms with E-state index < -0.39 is 5.97 Å². The van der Waals surface area contributed by atoms with E-state index in [4.69, 9.17) is 9.47 Å². The van der Waals surface area contributed by atoms with Crippen LogP contribution >= 0.6 is 0 Å². The van der Waals surface area contributed by atoms with Crippen LogP contribution in [0.2, 0.25) is 0 Å². The Labute approximate surface area is 151 Å². The number of ether oxygens (including phenoxy) is 2. The first-order chi connectivity index (χ1) is 12.7. The molecule has 0 N–H and O–H groups in total. The second kappa shape index (κ2) is 7.87. The zero-order valence-corrected chi connectivity index (χ0v) is 14.9. The van der Waals surface area contributed by atoms with Gasteiger partial charge in [0.2, 0.25) is 5.43 Å². The van der Waals surface area contributed by atoms with Crippen LogP contribution in [0.15, 0.2) is 59.5 Å². The number of hydrogen-bond acceptors (Lipinski definition) is 4. The van der Waals surface area contributed by atoms with Crippen molar-refractivity contribution in [3.63, 3.8) is 0 Å². The minimum absolute atomic E-state index is 0.0430. The van der Waals surface area contributed by atoms with Crippen molar-refractivity contribution in [3.8, 4) is 5.75 Å². The van der Waals surface area contributed by atoms with Crippen molar-refractivity contribution in [1.29, 1.82) is 0 Å². The van der Waals surface area contributed by atoms with Crippen LogP contribution in [-0.4, -0.2) is 17.1 Å². The molecule has 0 spiro atoms. The number of nitrogens with zero attached hydrogens (tertiary/aromatic N) is 1. The van der Waals surface area contributed by atoms with Crippen molar-refractivity contribution in [3.05, 3.63) is 76.1 Å². The lowest BCUT2D eigenvalue weighted by Gasteiger charge is -2.15. The second-order valence-corrected chi connectivity index (χ2v) is 5.80. The van der Waals surface area contributed by atoms with E-state index in [1.807, 2.05) is 47.9 Å². The van der Waals surface area contributed by atoms with Gasteiger partial charge in [-0.2, -0.15) is 0 Å². The molecular formula is C21H21NO4. The zero-order chi connectivity index (χ0) is 18.5. The third kappa shape index (κ3) is 3.47. The number of aryl methyl sites for hydroxylation is 1. The Morgan fingerprint density at radius 3 is 2.50 bits per heavy atom. The number of aromatic nitrogens is 1. The maximum Gasteiger partial charge on any atom is 0.343 e. The van der Waals surface area contributed by atoms with E-state index in [0.29, 0.717) is 29.8 Å². The highest BCUT2D eigenvalue weighted by Crippen LogP contribution is 2.25. The molecule has 5 nitrogen and oxygen atoms in total. The third-order valence-electron chi connectivity index (χ3n) is 4.13. The minimum atomic E-state index is -0.600. The van der Waals surface area contributed by atoms with Gasteiger partial charge < -0.3 is 14.0 Å². The van der Waals surface area contributed by atoms with Gasteiger partial charge in [0, 0.05) is 12.7 Å². The van der Waals surface area contributed by atoms with E-state index in [-0.39, 0.29) is 17.6 Å². The standard InChI is InChI=1S/C21H21NO4/c1-3-22-13-17(21(24)25-4-2)20(23)16-11-8-12-18(19(16)22)26-14-15-9-6-5-7-10-15/h5-13H,3-4,14H2,1-2H3. The number of rotatable bonds is 6. The normalized spacial score (nSPS) is 10.7. The molecule has 0 amide bonds. The Balaban J connectivity index is 2.07. The number of fused-ring (bicyclic) bond motifs is 1. The summed E-state index contributed by atoms with van der Waals surface area (Å²) < 4.78 is 12.8. The molecule has 0 saturated carbocycles. The van der Waals surface area contributed by atoms with Gasteiger partial charge in [-0.1, -0.05) is 36.4 Å². The third-order valence-corrected chi connectivity index (χ3v) is 4.13. The van der Waals surface area contributed by atoms with Crippen LogP contribution in [0, 0.1) is 0 Å². The van der Waals surface area contributed by atoms with Gasteiger partial charge in [0.15, 0.2) is 0 Å². The Morgan fingerprint density at radius 2 is 1.81 bits per heavy atom. The predicted molar refractivity (Wildman–Crippen MR) is 101 cm³/mol. The summed E-state index contributed by atoms with van der Waals surface area (Å²) in [4.78, 5) is 24.9. The lowest BCUT2D eigenvalue weighted by atomic mass is 10.1. The average molecular weight is 351 g/mol. The molecule has 3 aromatic rings. The number of pyridine rings is 1. The van der Waals surface area contributed by atoms with Gasteiger partial charge in [-0.15, -0.1) is 0 Å². The van der Waals surface area contributed by atoms with Crippen molar-refractivity contribution in [2.45, 2.75) is 27.0 Å². The first-order valence-electron chi connectivity index (χ1n) is 8.65. The van der Waals surface area contributed by atoms with Gasteiger partial charge in [-0.05, 0) is 31.5 Å². The fourth-order valence-electron chi connectivity index (χ4n) is 2.88. The molecule has 1 aromatic heterocycles. The zero-order valence-electron chi connectivity index (χ0n) is 14.9. The number of para-hydroxylation sites is 1. The Bertz CT molecular complexity index is 976. The fraction of sp³-hybridized carbons (Fsp3) is 0.238. The SMILES string of the molecule is CCOC(=O)c1cn(CC)c2c(OCc3ccccc3)cccc2c1=O. The molecule has 0 unspecified atom stereocenters. The number of hydrogen-bond donors (Lipinski definition) is 0. The molecule has 0 bridgehead atoms. The fourth-order valence-corrected chi connectivity index (χ4v) is 2.88. The largest absolute Gasteiger partial charge is 0.487 e. The number of carbonyl (C=O) groups is 1. The van der Waals surface area contributed by atoms with E-state index >= 15 is 0 Å². The van der Waals surface area contributed by atoms with Crippen LogP contribution in [0.3, 0.4) is 0 Å². The summed E-state index contributed by atoms with van der Waals surface area (Å²) in [6, 6.07) is 15.1. The van der Waals surface area contributed by atoms with Crippen LogP contribution in [0.4, 0.5) is 0 Å². The van der Waals surface area contributed by atoms with E-state index in [2.05, 4.69) is 0 Å². The summed E-state index contributed by atoms with van der Waals surface area (Å²) in [6.07, 6.45) is 1.55. The molecule has 0 radical (unpaired) electrons. The number of benzene rings is 2. The van der Waals surface area contributed by atoms with Gasteiger partial charge in [0.25, 0.3) is 0 Å². The van der Waals surface area contributed by atoms with Crippen LogP contribution < -0.4 is 10.2 Å². The highest BCUT2D eigenvalue weighted by molar-refractivity contribution is 5.95. The van der Waals surface area contributed by atoms with Crippen molar-refractivity contribution < 1.29 is 14.3 Å². The Morgan fingerprint density at radius 1 is 1.04 bits per heavy atom. The first-order valence-corrected chi connectivity index (χ1v) is 8.65. The van der Waals surface area contributed by atoms with Gasteiger partial charge in [-0.25, -0.2) is 4.79 Å². The number of esters is 1. The monoisotopic (exact) mass is 351 g/mol. The van der Waals surface area contributed by atoms with Crippen LogP contribution in [0.5, 0.6) is 5.75 Å². The maximum atomic E-state index is 12.8. The molecule has 5 heteroatoms. The second-order valence-electron chi connectivity index (χ2n) is 5.80. The highest BCUT2D eigenvalue weighted by Gasteiger charge is 2.18. The van der Waals surface area contributed by atoms with Gasteiger partial charge in [0.05, 0.1) is 17.5 Å².